The van der Waals surface area contributed by atoms with E-state index in [1.165, 1.54) is 0 Å². The predicted octanol–water partition coefficient (Wildman–Crippen LogP) is 2.47. The number of para-hydroxylation sites is 1. The predicted molar refractivity (Wildman–Crippen MR) is 76.9 cm³/mol. The van der Waals surface area contributed by atoms with Crippen LogP contribution in [0.2, 0.25) is 0 Å². The summed E-state index contributed by atoms with van der Waals surface area (Å²) in [6.07, 6.45) is 1.19. The van der Waals surface area contributed by atoms with E-state index in [-0.39, 0.29) is 11.7 Å². The fourth-order valence-corrected chi connectivity index (χ4v) is 2.20. The minimum absolute atomic E-state index is 0.0281. The summed E-state index contributed by atoms with van der Waals surface area (Å²) in [6, 6.07) is 6.97. The number of aromatic nitrogens is 2. The van der Waals surface area contributed by atoms with E-state index in [1.807, 2.05) is 19.9 Å². The number of aromatic hydroxyl groups is 1. The van der Waals surface area contributed by atoms with Crippen molar-refractivity contribution >= 4 is 5.95 Å². The second-order valence-corrected chi connectivity index (χ2v) is 4.42. The Bertz CT molecular complexity index is 648. The average Bonchev–Trinajstić information content (AvgIpc) is 2.46. The van der Waals surface area contributed by atoms with E-state index in [9.17, 15) is 10.0 Å². The molecule has 0 bridgehead atoms. The molecule has 7 heteroatoms. The Kier molecular flexibility index (Phi) is 4.32. The molecule has 0 saturated heterocycles. The zero-order chi connectivity index (χ0) is 15.4. The lowest BCUT2D eigenvalue weighted by molar-refractivity contribution is -0.770. The van der Waals surface area contributed by atoms with E-state index in [4.69, 9.17) is 5.21 Å². The molecule has 0 amide bonds. The third-order valence-electron chi connectivity index (χ3n) is 3.10. The number of rotatable bonds is 5. The SMILES string of the molecule is CCc1nc(N[N+](=O)O)nc(CC)c1-c1ccccc1O. The highest BCUT2D eigenvalue weighted by molar-refractivity contribution is 5.74. The van der Waals surface area contributed by atoms with Crippen LogP contribution in [0.15, 0.2) is 24.3 Å². The van der Waals surface area contributed by atoms with Crippen LogP contribution >= 0.6 is 0 Å². The fourth-order valence-electron chi connectivity index (χ4n) is 2.20. The van der Waals surface area contributed by atoms with Crippen molar-refractivity contribution in [2.24, 2.45) is 0 Å². The maximum atomic E-state index is 10.7. The van der Waals surface area contributed by atoms with Crippen molar-refractivity contribution in [1.82, 2.24) is 9.97 Å². The van der Waals surface area contributed by atoms with Gasteiger partial charge in [0.2, 0.25) is 0 Å². The molecule has 0 radical (unpaired) electrons. The first-order chi connectivity index (χ1) is 10.1. The minimum atomic E-state index is -0.437. The Morgan fingerprint density at radius 2 is 1.71 bits per heavy atom. The molecule has 110 valence electrons. The molecule has 0 saturated carbocycles. The van der Waals surface area contributed by atoms with Gasteiger partial charge in [-0.05, 0) is 24.3 Å². The molecule has 0 fully saturated rings. The number of hydrazine groups is 1. The summed E-state index contributed by atoms with van der Waals surface area (Å²) in [7, 11) is 0. The highest BCUT2D eigenvalue weighted by Gasteiger charge is 2.19. The number of nitrogens with one attached hydrogen (secondary N) is 1. The molecule has 2 rings (SSSR count). The Balaban J connectivity index is 2.65. The van der Waals surface area contributed by atoms with Crippen LogP contribution in [0.25, 0.3) is 11.1 Å². The van der Waals surface area contributed by atoms with E-state index in [0.717, 1.165) is 5.56 Å². The van der Waals surface area contributed by atoms with Crippen molar-refractivity contribution in [2.45, 2.75) is 26.7 Å². The minimum Gasteiger partial charge on any atom is -0.507 e. The number of nitrogens with zero attached hydrogens (tertiary/aromatic N) is 3. The van der Waals surface area contributed by atoms with E-state index in [2.05, 4.69) is 15.4 Å². The number of phenols is 1. The molecular formula is C14H17N4O3+. The van der Waals surface area contributed by atoms with E-state index in [0.29, 0.717) is 29.8 Å². The van der Waals surface area contributed by atoms with E-state index >= 15 is 0 Å². The summed E-state index contributed by atoms with van der Waals surface area (Å²) in [5.74, 6) is 0.180. The highest BCUT2D eigenvalue weighted by atomic mass is 16.7. The summed E-state index contributed by atoms with van der Waals surface area (Å²) in [6.45, 7) is 3.84. The van der Waals surface area contributed by atoms with E-state index < -0.39 is 5.03 Å². The standard InChI is InChI=1S/C14H16N4O3/c1-3-10-13(9-7-5-6-8-12(9)19)11(4-2)16-14(15-10)17-18(20)21/h5-8H,3-4H2,1-2H3,(H2-,15,16,17,19,20,21)/p+1. The lowest BCUT2D eigenvalue weighted by atomic mass is 9.98. The Morgan fingerprint density at radius 3 is 2.19 bits per heavy atom. The first kappa shape index (κ1) is 14.7. The topological polar surface area (TPSA) is 98.4 Å². The zero-order valence-electron chi connectivity index (χ0n) is 11.9. The molecule has 7 nitrogen and oxygen atoms in total. The summed E-state index contributed by atoms with van der Waals surface area (Å²) < 4.78 is 0. The summed E-state index contributed by atoms with van der Waals surface area (Å²) in [4.78, 5) is 19.1. The van der Waals surface area contributed by atoms with Gasteiger partial charge in [0, 0.05) is 11.1 Å². The van der Waals surface area contributed by atoms with Gasteiger partial charge >= 0.3 is 5.03 Å². The number of phenolic OH excluding ortho intramolecular Hbond substituents is 1. The van der Waals surface area contributed by atoms with Crippen LogP contribution in [0, 0.1) is 4.91 Å². The van der Waals surface area contributed by atoms with Crippen molar-refractivity contribution in [3.63, 3.8) is 0 Å². The van der Waals surface area contributed by atoms with Gasteiger partial charge in [-0.1, -0.05) is 32.0 Å². The Labute approximate surface area is 121 Å². The summed E-state index contributed by atoms with van der Waals surface area (Å²) in [5.41, 5.74) is 4.89. The first-order valence-electron chi connectivity index (χ1n) is 6.67. The van der Waals surface area contributed by atoms with E-state index in [1.54, 1.807) is 18.2 Å². The number of aryl methyl sites for hydroxylation is 2. The molecule has 1 aromatic carbocycles. The third kappa shape index (κ3) is 3.07. The first-order valence-corrected chi connectivity index (χ1v) is 6.67. The molecule has 21 heavy (non-hydrogen) atoms. The van der Waals surface area contributed by atoms with Crippen LogP contribution in [0.5, 0.6) is 5.75 Å². The molecule has 2 aromatic rings. The van der Waals surface area contributed by atoms with Gasteiger partial charge < -0.3 is 5.11 Å². The van der Waals surface area contributed by atoms with Crippen LogP contribution in [0.4, 0.5) is 5.95 Å². The highest BCUT2D eigenvalue weighted by Crippen LogP contribution is 2.33. The summed E-state index contributed by atoms with van der Waals surface area (Å²) >= 11 is 0. The number of benzene rings is 1. The number of anilines is 1. The van der Waals surface area contributed by atoms with Gasteiger partial charge in [0.15, 0.2) is 0 Å². The maximum Gasteiger partial charge on any atom is 0.362 e. The number of hydrogen-bond donors (Lipinski definition) is 3. The summed E-state index contributed by atoms with van der Waals surface area (Å²) in [5, 5.41) is 18.3. The van der Waals surface area contributed by atoms with Gasteiger partial charge in [-0.15, -0.1) is 0 Å². The lowest BCUT2D eigenvalue weighted by Gasteiger charge is -2.13. The molecular weight excluding hydrogens is 272 g/mol. The largest absolute Gasteiger partial charge is 0.507 e. The fraction of sp³-hybridized carbons (Fsp3) is 0.286. The van der Waals surface area contributed by atoms with Crippen LogP contribution in [0.3, 0.4) is 0 Å². The van der Waals surface area contributed by atoms with Crippen LogP contribution in [0.1, 0.15) is 25.2 Å². The van der Waals surface area contributed by atoms with Crippen molar-refractivity contribution in [3.05, 3.63) is 40.6 Å². The molecule has 0 atom stereocenters. The molecule has 0 aliphatic carbocycles. The smallest absolute Gasteiger partial charge is 0.362 e. The normalized spacial score (nSPS) is 10.4. The Morgan fingerprint density at radius 1 is 1.14 bits per heavy atom. The zero-order valence-corrected chi connectivity index (χ0v) is 11.9. The van der Waals surface area contributed by atoms with Crippen molar-refractivity contribution in [3.8, 4) is 16.9 Å². The quantitative estimate of drug-likeness (QED) is 0.731. The van der Waals surface area contributed by atoms with Gasteiger partial charge in [-0.2, -0.15) is 0 Å². The third-order valence-corrected chi connectivity index (χ3v) is 3.10. The van der Waals surface area contributed by atoms with Gasteiger partial charge in [0.1, 0.15) is 10.7 Å². The van der Waals surface area contributed by atoms with Crippen LogP contribution in [-0.4, -0.2) is 25.3 Å². The van der Waals surface area contributed by atoms with Gasteiger partial charge in [0.25, 0.3) is 5.95 Å². The lowest BCUT2D eigenvalue weighted by Crippen LogP contribution is -2.16. The average molecular weight is 289 g/mol. The monoisotopic (exact) mass is 289 g/mol. The molecule has 0 spiro atoms. The number of hydrogen-bond acceptors (Lipinski definition) is 4. The van der Waals surface area contributed by atoms with Crippen LogP contribution in [-0.2, 0) is 12.8 Å². The van der Waals surface area contributed by atoms with Crippen molar-refractivity contribution in [1.29, 1.82) is 0 Å². The van der Waals surface area contributed by atoms with Crippen molar-refractivity contribution in [2.75, 3.05) is 5.43 Å². The molecule has 1 heterocycles. The molecule has 1 aromatic heterocycles. The second-order valence-electron chi connectivity index (χ2n) is 4.42. The second kappa shape index (κ2) is 6.17. The molecule has 3 N–H and O–H groups in total. The Hall–Kier alpha value is -2.70. The van der Waals surface area contributed by atoms with Gasteiger partial charge in [-0.3, -0.25) is 0 Å². The maximum absolute atomic E-state index is 10.7. The van der Waals surface area contributed by atoms with Crippen LogP contribution < -0.4 is 5.43 Å². The molecule has 0 aliphatic rings. The molecule has 0 unspecified atom stereocenters. The molecule has 0 aliphatic heterocycles. The van der Waals surface area contributed by atoms with Gasteiger partial charge in [-0.25, -0.2) is 15.2 Å². The van der Waals surface area contributed by atoms with Crippen molar-refractivity contribution < 1.29 is 15.3 Å². The van der Waals surface area contributed by atoms with Gasteiger partial charge in [0.05, 0.1) is 11.4 Å².